The van der Waals surface area contributed by atoms with Gasteiger partial charge in [-0.05, 0) is 12.8 Å². The average Bonchev–Trinajstić information content (AvgIpc) is 2.54. The molecule has 6 heteroatoms. The largest absolute Gasteiger partial charge is 0.467 e. The van der Waals surface area contributed by atoms with Crippen LogP contribution in [0.3, 0.4) is 0 Å². The summed E-state index contributed by atoms with van der Waals surface area (Å²) in [5.41, 5.74) is 0.341. The van der Waals surface area contributed by atoms with Crippen molar-refractivity contribution in [3.05, 3.63) is 12.2 Å². The van der Waals surface area contributed by atoms with Crippen LogP contribution in [0.4, 0.5) is 0 Å². The highest BCUT2D eigenvalue weighted by Crippen LogP contribution is 2.10. The Labute approximate surface area is 146 Å². The SMILES string of the molecule is C=C(CC(=O)OC(CC)[SiH2]CCC)C(=O)OC(CC)[SiH2]CCC. The molecule has 0 aromatic heterocycles. The molecular weight excluding hydrogens is 324 g/mol. The fourth-order valence-electron chi connectivity index (χ4n) is 2.27. The molecule has 23 heavy (non-hydrogen) atoms. The predicted molar refractivity (Wildman–Crippen MR) is 101 cm³/mol. The topological polar surface area (TPSA) is 52.6 Å². The van der Waals surface area contributed by atoms with E-state index >= 15 is 0 Å². The van der Waals surface area contributed by atoms with E-state index in [4.69, 9.17) is 9.47 Å². The van der Waals surface area contributed by atoms with Crippen LogP contribution in [0.15, 0.2) is 12.2 Å². The van der Waals surface area contributed by atoms with Crippen molar-refractivity contribution in [1.29, 1.82) is 0 Å². The number of rotatable bonds is 13. The molecule has 0 aliphatic rings. The van der Waals surface area contributed by atoms with Gasteiger partial charge in [0.1, 0.15) is 0 Å². The molecule has 0 rings (SSSR count). The van der Waals surface area contributed by atoms with E-state index in [0.717, 1.165) is 25.7 Å². The molecule has 134 valence electrons. The average molecular weight is 359 g/mol. The van der Waals surface area contributed by atoms with Gasteiger partial charge in [-0.3, -0.25) is 4.79 Å². The van der Waals surface area contributed by atoms with Crippen LogP contribution in [0.1, 0.15) is 59.8 Å². The van der Waals surface area contributed by atoms with Crippen molar-refractivity contribution >= 4 is 31.0 Å². The first kappa shape index (κ1) is 22.1. The molecule has 0 fully saturated rings. The highest BCUT2D eigenvalue weighted by Gasteiger charge is 2.20. The van der Waals surface area contributed by atoms with Crippen LogP contribution in [0.2, 0.25) is 12.1 Å². The van der Waals surface area contributed by atoms with Gasteiger partial charge in [-0.25, -0.2) is 4.79 Å². The summed E-state index contributed by atoms with van der Waals surface area (Å²) in [7, 11) is -0.789. The smallest absolute Gasteiger partial charge is 0.333 e. The quantitative estimate of drug-likeness (QED) is 0.288. The number of carbonyl (C=O) groups is 2. The van der Waals surface area contributed by atoms with Gasteiger partial charge in [-0.15, -0.1) is 0 Å². The summed E-state index contributed by atoms with van der Waals surface area (Å²) >= 11 is 0. The number of carbonyl (C=O) groups excluding carboxylic acids is 2. The van der Waals surface area contributed by atoms with Crippen molar-refractivity contribution in [1.82, 2.24) is 0 Å². The van der Waals surface area contributed by atoms with Crippen LogP contribution in [0.5, 0.6) is 0 Å². The molecule has 0 heterocycles. The molecular formula is C17H34O4Si2. The van der Waals surface area contributed by atoms with Gasteiger partial charge in [-0.2, -0.15) is 0 Å². The predicted octanol–water partition coefficient (Wildman–Crippen LogP) is 2.49. The number of ether oxygens (including phenoxy) is 2. The lowest BCUT2D eigenvalue weighted by Crippen LogP contribution is -2.27. The van der Waals surface area contributed by atoms with E-state index in [0.29, 0.717) is 0 Å². The molecule has 0 amide bonds. The fraction of sp³-hybridized carbons (Fsp3) is 0.765. The van der Waals surface area contributed by atoms with E-state index in [2.05, 4.69) is 20.4 Å². The first-order valence-corrected chi connectivity index (χ1v) is 12.7. The molecule has 0 saturated carbocycles. The van der Waals surface area contributed by atoms with Crippen molar-refractivity contribution in [3.8, 4) is 0 Å². The summed E-state index contributed by atoms with van der Waals surface area (Å²) in [6.45, 7) is 12.1. The Morgan fingerprint density at radius 2 is 1.39 bits per heavy atom. The van der Waals surface area contributed by atoms with Crippen LogP contribution in [-0.2, 0) is 19.1 Å². The summed E-state index contributed by atoms with van der Waals surface area (Å²) in [6.07, 6.45) is 3.92. The van der Waals surface area contributed by atoms with Gasteiger partial charge in [0.25, 0.3) is 0 Å². The van der Waals surface area contributed by atoms with E-state index in [1.165, 1.54) is 12.1 Å². The van der Waals surface area contributed by atoms with Crippen LogP contribution in [-0.4, -0.2) is 42.4 Å². The molecule has 0 aromatic carbocycles. The maximum Gasteiger partial charge on any atom is 0.333 e. The second-order valence-corrected chi connectivity index (χ2v) is 10.4. The van der Waals surface area contributed by atoms with E-state index in [-0.39, 0.29) is 38.9 Å². The van der Waals surface area contributed by atoms with Crippen molar-refractivity contribution in [3.63, 3.8) is 0 Å². The monoisotopic (exact) mass is 358 g/mol. The minimum Gasteiger partial charge on any atom is -0.467 e. The van der Waals surface area contributed by atoms with E-state index < -0.39 is 15.5 Å². The van der Waals surface area contributed by atoms with E-state index in [1.54, 1.807) is 0 Å². The first-order valence-electron chi connectivity index (χ1n) is 9.06. The lowest BCUT2D eigenvalue weighted by molar-refractivity contribution is -0.148. The third-order valence-corrected chi connectivity index (χ3v) is 8.89. The van der Waals surface area contributed by atoms with Crippen LogP contribution in [0.25, 0.3) is 0 Å². The van der Waals surface area contributed by atoms with Crippen molar-refractivity contribution in [2.75, 3.05) is 0 Å². The van der Waals surface area contributed by atoms with Gasteiger partial charge in [0.05, 0.1) is 36.9 Å². The molecule has 0 N–H and O–H groups in total. The number of esters is 2. The maximum atomic E-state index is 12.0. The summed E-state index contributed by atoms with van der Waals surface area (Å²) in [6, 6.07) is 2.34. The molecule has 2 atom stereocenters. The minimum absolute atomic E-state index is 0.0515. The number of hydrogen-bond donors (Lipinski definition) is 0. The third kappa shape index (κ3) is 10.5. The Balaban J connectivity index is 4.28. The molecule has 4 nitrogen and oxygen atoms in total. The van der Waals surface area contributed by atoms with E-state index in [9.17, 15) is 9.59 Å². The Kier molecular flexibility index (Phi) is 13.0. The maximum absolute atomic E-state index is 12.0. The molecule has 0 aliphatic carbocycles. The Morgan fingerprint density at radius 3 is 1.83 bits per heavy atom. The minimum atomic E-state index is -0.434. The normalized spacial score (nSPS) is 14.3. The standard InChI is InChI=1S/C17H34O4Si2/c1-6-10-22-15(8-3)20-14(18)12-13(5)17(19)21-16(9-4)23-11-7-2/h15-16H,5-12,22-23H2,1-4H3. The zero-order valence-electron chi connectivity index (χ0n) is 15.4. The van der Waals surface area contributed by atoms with Gasteiger partial charge in [0, 0.05) is 5.57 Å². The van der Waals surface area contributed by atoms with Gasteiger partial charge in [-0.1, -0.05) is 59.2 Å². The van der Waals surface area contributed by atoms with Gasteiger partial charge >= 0.3 is 11.9 Å². The number of hydrogen-bond acceptors (Lipinski definition) is 4. The summed E-state index contributed by atoms with van der Waals surface area (Å²) in [4.78, 5) is 24.0. The molecule has 0 aliphatic heterocycles. The highest BCUT2D eigenvalue weighted by molar-refractivity contribution is 6.37. The van der Waals surface area contributed by atoms with Gasteiger partial charge in [0.2, 0.25) is 0 Å². The Morgan fingerprint density at radius 1 is 0.913 bits per heavy atom. The molecule has 2 unspecified atom stereocenters. The lowest BCUT2D eigenvalue weighted by atomic mass is 10.2. The van der Waals surface area contributed by atoms with Gasteiger partial charge in [0.15, 0.2) is 0 Å². The first-order chi connectivity index (χ1) is 11.0. The molecule has 0 aromatic rings. The second kappa shape index (κ2) is 13.5. The summed E-state index contributed by atoms with van der Waals surface area (Å²) in [5, 5.41) is 0. The fourth-order valence-corrected chi connectivity index (χ4v) is 5.38. The van der Waals surface area contributed by atoms with Crippen LogP contribution >= 0.6 is 0 Å². The van der Waals surface area contributed by atoms with Crippen molar-refractivity contribution in [2.24, 2.45) is 0 Å². The third-order valence-electron chi connectivity index (χ3n) is 3.89. The van der Waals surface area contributed by atoms with Gasteiger partial charge < -0.3 is 9.47 Å². The van der Waals surface area contributed by atoms with Crippen molar-refractivity contribution < 1.29 is 19.1 Å². The molecule has 0 bridgehead atoms. The Bertz CT molecular complexity index is 372. The Hall–Kier alpha value is -0.886. The summed E-state index contributed by atoms with van der Waals surface area (Å²) < 4.78 is 11.0. The molecule has 0 radical (unpaired) electrons. The van der Waals surface area contributed by atoms with E-state index in [1.807, 2.05) is 13.8 Å². The van der Waals surface area contributed by atoms with Crippen LogP contribution in [0, 0.1) is 0 Å². The molecule has 0 spiro atoms. The molecule has 0 saturated heterocycles. The zero-order valence-corrected chi connectivity index (χ0v) is 18.2. The van der Waals surface area contributed by atoms with Crippen molar-refractivity contribution in [2.45, 2.75) is 83.3 Å². The summed E-state index contributed by atoms with van der Waals surface area (Å²) in [5.74, 6) is -0.780. The lowest BCUT2D eigenvalue weighted by Gasteiger charge is -2.18. The second-order valence-electron chi connectivity index (χ2n) is 6.02. The zero-order chi connectivity index (χ0) is 17.7. The highest BCUT2D eigenvalue weighted by atomic mass is 28.2. The van der Waals surface area contributed by atoms with Crippen LogP contribution < -0.4 is 0 Å².